The molecular weight excluding hydrogens is 248 g/mol. The molecule has 2 heterocycles. The summed E-state index contributed by atoms with van der Waals surface area (Å²) in [6, 6.07) is 2.80. The third kappa shape index (κ3) is 3.63. The van der Waals surface area contributed by atoms with Crippen LogP contribution in [0.5, 0.6) is 0 Å². The van der Waals surface area contributed by atoms with Crippen LogP contribution in [0, 0.1) is 0 Å². The van der Waals surface area contributed by atoms with Gasteiger partial charge in [0.2, 0.25) is 0 Å². The highest BCUT2D eigenvalue weighted by Gasteiger charge is 2.14. The van der Waals surface area contributed by atoms with Gasteiger partial charge < -0.3 is 0 Å². The van der Waals surface area contributed by atoms with Gasteiger partial charge in [-0.25, -0.2) is 4.98 Å². The molecule has 17 heavy (non-hydrogen) atoms. The van der Waals surface area contributed by atoms with Gasteiger partial charge in [-0.05, 0) is 35.7 Å². The molecule has 0 spiro atoms. The lowest BCUT2D eigenvalue weighted by Crippen LogP contribution is -2.31. The zero-order valence-electron chi connectivity index (χ0n) is 10.3. The molecule has 0 radical (unpaired) electrons. The van der Waals surface area contributed by atoms with Crippen molar-refractivity contribution in [3.05, 3.63) is 39.0 Å². The molecule has 4 heteroatoms. The zero-order valence-corrected chi connectivity index (χ0v) is 11.9. The summed E-state index contributed by atoms with van der Waals surface area (Å²) in [6.07, 6.45) is 1.17. The Hall–Kier alpha value is -0.710. The van der Waals surface area contributed by atoms with Crippen LogP contribution >= 0.6 is 22.7 Å². The van der Waals surface area contributed by atoms with E-state index >= 15 is 0 Å². The normalized spacial score (nSPS) is 13.1. The highest BCUT2D eigenvalue weighted by Crippen LogP contribution is 2.16. The zero-order chi connectivity index (χ0) is 12.1. The van der Waals surface area contributed by atoms with Crippen molar-refractivity contribution in [2.75, 3.05) is 0 Å². The van der Waals surface area contributed by atoms with E-state index < -0.39 is 0 Å². The fourth-order valence-corrected chi connectivity index (χ4v) is 2.98. The number of nitrogens with zero attached hydrogens (tertiary/aromatic N) is 2. The summed E-state index contributed by atoms with van der Waals surface area (Å²) in [4.78, 5) is 6.88. The van der Waals surface area contributed by atoms with Crippen LogP contribution < -0.4 is 0 Å². The molecule has 2 rings (SSSR count). The third-order valence-electron chi connectivity index (χ3n) is 3.03. The molecule has 0 saturated heterocycles. The molecule has 0 aliphatic heterocycles. The largest absolute Gasteiger partial charge is 0.291 e. The summed E-state index contributed by atoms with van der Waals surface area (Å²) in [5.41, 5.74) is 4.50. The van der Waals surface area contributed by atoms with Crippen LogP contribution in [0.2, 0.25) is 0 Å². The summed E-state index contributed by atoms with van der Waals surface area (Å²) in [5, 5.41) is 6.52. The second kappa shape index (κ2) is 6.28. The lowest BCUT2D eigenvalue weighted by Gasteiger charge is -2.27. The average Bonchev–Trinajstić information content (AvgIpc) is 3.00. The van der Waals surface area contributed by atoms with E-state index in [1.54, 1.807) is 22.7 Å². The quantitative estimate of drug-likeness (QED) is 0.785. The van der Waals surface area contributed by atoms with Crippen molar-refractivity contribution in [3.63, 3.8) is 0 Å². The second-order valence-corrected chi connectivity index (χ2v) is 5.77. The topological polar surface area (TPSA) is 16.1 Å². The van der Waals surface area contributed by atoms with Crippen molar-refractivity contribution in [2.24, 2.45) is 0 Å². The molecule has 0 aliphatic carbocycles. The minimum absolute atomic E-state index is 0.594. The summed E-state index contributed by atoms with van der Waals surface area (Å²) in [5.74, 6) is 0. The molecule has 0 fully saturated rings. The van der Waals surface area contributed by atoms with E-state index in [9.17, 15) is 0 Å². The first-order valence-corrected chi connectivity index (χ1v) is 7.80. The van der Waals surface area contributed by atoms with Gasteiger partial charge in [-0.1, -0.05) is 6.92 Å². The van der Waals surface area contributed by atoms with Gasteiger partial charge in [0.25, 0.3) is 0 Å². The number of aromatic nitrogens is 1. The van der Waals surface area contributed by atoms with Crippen LogP contribution in [0.15, 0.2) is 27.7 Å². The van der Waals surface area contributed by atoms with Crippen LogP contribution in [0.1, 0.15) is 31.5 Å². The van der Waals surface area contributed by atoms with Crippen LogP contribution in [0.4, 0.5) is 0 Å². The number of thiazole rings is 1. The molecule has 0 bridgehead atoms. The Balaban J connectivity index is 2.03. The molecule has 2 aromatic rings. The summed E-state index contributed by atoms with van der Waals surface area (Å²) in [7, 11) is 0. The fraction of sp³-hybridized carbons (Fsp3) is 0.462. The van der Waals surface area contributed by atoms with Gasteiger partial charge in [-0.3, -0.25) is 4.90 Å². The highest BCUT2D eigenvalue weighted by molar-refractivity contribution is 7.08. The molecule has 0 aromatic carbocycles. The van der Waals surface area contributed by atoms with Gasteiger partial charge in [-0.15, -0.1) is 11.3 Å². The predicted molar refractivity (Wildman–Crippen MR) is 75.4 cm³/mol. The van der Waals surface area contributed by atoms with Gasteiger partial charge in [0.05, 0.1) is 11.2 Å². The Morgan fingerprint density at radius 3 is 2.76 bits per heavy atom. The third-order valence-corrected chi connectivity index (χ3v) is 4.40. The van der Waals surface area contributed by atoms with E-state index in [0.717, 1.165) is 13.1 Å². The molecule has 0 amide bonds. The summed E-state index contributed by atoms with van der Waals surface area (Å²) < 4.78 is 0. The molecule has 0 aliphatic rings. The Bertz CT molecular complexity index is 372. The molecule has 92 valence electrons. The molecule has 2 aromatic heterocycles. The van der Waals surface area contributed by atoms with Gasteiger partial charge in [0, 0.05) is 24.5 Å². The Kier molecular flexibility index (Phi) is 4.71. The number of hydrogen-bond donors (Lipinski definition) is 0. The first kappa shape index (κ1) is 12.7. The molecular formula is C13H18N2S2. The smallest absolute Gasteiger partial charge is 0.0795 e. The number of rotatable bonds is 6. The fourth-order valence-electron chi connectivity index (χ4n) is 1.77. The van der Waals surface area contributed by atoms with E-state index in [2.05, 4.69) is 45.9 Å². The maximum Gasteiger partial charge on any atom is 0.0795 e. The first-order valence-electron chi connectivity index (χ1n) is 5.91. The van der Waals surface area contributed by atoms with Crippen molar-refractivity contribution in [2.45, 2.75) is 39.4 Å². The SMILES string of the molecule is CC[C@H](C)N(Cc1ccsc1)Cc1cscn1. The van der Waals surface area contributed by atoms with Gasteiger partial charge in [0.15, 0.2) is 0 Å². The minimum Gasteiger partial charge on any atom is -0.291 e. The standard InChI is InChI=1S/C13H18N2S2/c1-3-11(2)15(6-12-4-5-16-8-12)7-13-9-17-10-14-13/h4-5,8-11H,3,6-7H2,1-2H3/t11-/m0/s1. The molecule has 1 atom stereocenters. The minimum atomic E-state index is 0.594. The van der Waals surface area contributed by atoms with Crippen molar-refractivity contribution in [3.8, 4) is 0 Å². The van der Waals surface area contributed by atoms with Gasteiger partial charge in [-0.2, -0.15) is 11.3 Å². The molecule has 0 saturated carbocycles. The second-order valence-electron chi connectivity index (χ2n) is 4.27. The van der Waals surface area contributed by atoms with Crippen LogP contribution in [-0.4, -0.2) is 15.9 Å². The highest BCUT2D eigenvalue weighted by atomic mass is 32.1. The van der Waals surface area contributed by atoms with E-state index in [1.807, 2.05) is 5.51 Å². The Morgan fingerprint density at radius 2 is 2.18 bits per heavy atom. The monoisotopic (exact) mass is 266 g/mol. The maximum atomic E-state index is 4.38. The number of hydrogen-bond acceptors (Lipinski definition) is 4. The van der Waals surface area contributed by atoms with Crippen LogP contribution in [0.3, 0.4) is 0 Å². The molecule has 0 unspecified atom stereocenters. The van der Waals surface area contributed by atoms with Crippen molar-refractivity contribution >= 4 is 22.7 Å². The van der Waals surface area contributed by atoms with E-state index in [-0.39, 0.29) is 0 Å². The Morgan fingerprint density at radius 1 is 1.29 bits per heavy atom. The number of thiophene rings is 1. The molecule has 0 N–H and O–H groups in total. The molecule has 2 nitrogen and oxygen atoms in total. The first-order chi connectivity index (χ1) is 8.29. The van der Waals surface area contributed by atoms with Crippen LogP contribution in [-0.2, 0) is 13.1 Å². The van der Waals surface area contributed by atoms with E-state index in [0.29, 0.717) is 6.04 Å². The van der Waals surface area contributed by atoms with Gasteiger partial charge in [0.1, 0.15) is 0 Å². The van der Waals surface area contributed by atoms with Crippen molar-refractivity contribution in [1.82, 2.24) is 9.88 Å². The van der Waals surface area contributed by atoms with E-state index in [1.165, 1.54) is 17.7 Å². The Labute approximate surface area is 111 Å². The summed E-state index contributed by atoms with van der Waals surface area (Å²) in [6.45, 7) is 6.51. The van der Waals surface area contributed by atoms with E-state index in [4.69, 9.17) is 0 Å². The average molecular weight is 266 g/mol. The lowest BCUT2D eigenvalue weighted by atomic mass is 10.2. The van der Waals surface area contributed by atoms with Crippen molar-refractivity contribution in [1.29, 1.82) is 0 Å². The lowest BCUT2D eigenvalue weighted by molar-refractivity contribution is 0.184. The maximum absolute atomic E-state index is 4.38. The van der Waals surface area contributed by atoms with Gasteiger partial charge >= 0.3 is 0 Å². The summed E-state index contributed by atoms with van der Waals surface area (Å²) >= 11 is 3.44. The predicted octanol–water partition coefficient (Wildman–Crippen LogP) is 4.01. The van der Waals surface area contributed by atoms with Crippen LogP contribution in [0.25, 0.3) is 0 Å². The van der Waals surface area contributed by atoms with Crippen molar-refractivity contribution < 1.29 is 0 Å².